The first-order valence-corrected chi connectivity index (χ1v) is 8.19. The fraction of sp³-hybridized carbons (Fsp3) is 0.300. The Balaban J connectivity index is 2.41. The first-order chi connectivity index (χ1) is 12.5. The zero-order valence-electron chi connectivity index (χ0n) is 14.8. The van der Waals surface area contributed by atoms with Gasteiger partial charge in [0.2, 0.25) is 0 Å². The van der Waals surface area contributed by atoms with Crippen LogP contribution in [0.2, 0.25) is 0 Å². The number of benzene rings is 2. The molecule has 1 atom stereocenters. The topological polar surface area (TPSA) is 99.4 Å². The van der Waals surface area contributed by atoms with E-state index >= 15 is 0 Å². The summed E-state index contributed by atoms with van der Waals surface area (Å²) in [6.45, 7) is -0.289. The van der Waals surface area contributed by atoms with Gasteiger partial charge in [0.25, 0.3) is 0 Å². The molecule has 140 valence electrons. The maximum absolute atomic E-state index is 10.5. The number of aromatic hydroxyl groups is 2. The lowest BCUT2D eigenvalue weighted by molar-refractivity contribution is 0.260. The van der Waals surface area contributed by atoms with Gasteiger partial charge in [-0.25, -0.2) is 0 Å². The van der Waals surface area contributed by atoms with Gasteiger partial charge in [-0.3, -0.25) is 0 Å². The van der Waals surface area contributed by atoms with Gasteiger partial charge in [0, 0.05) is 11.5 Å². The molecule has 0 unspecified atom stereocenters. The SMILES string of the molecule is COc1cc(C[C@H](CO)c2cc(/C=C/CO)cc(OC)c2O)ccc1O. The molecule has 0 heterocycles. The fourth-order valence-electron chi connectivity index (χ4n) is 2.81. The monoisotopic (exact) mass is 360 g/mol. The molecule has 2 rings (SSSR count). The quantitative estimate of drug-likeness (QED) is 0.577. The van der Waals surface area contributed by atoms with Crippen molar-refractivity contribution in [3.05, 3.63) is 53.1 Å². The van der Waals surface area contributed by atoms with Crippen molar-refractivity contribution < 1.29 is 29.9 Å². The summed E-state index contributed by atoms with van der Waals surface area (Å²) in [7, 11) is 2.92. The van der Waals surface area contributed by atoms with Gasteiger partial charge in [0.15, 0.2) is 23.0 Å². The third kappa shape index (κ3) is 4.47. The molecule has 0 aliphatic carbocycles. The molecular formula is C20H24O6. The summed E-state index contributed by atoms with van der Waals surface area (Å²) < 4.78 is 10.3. The summed E-state index contributed by atoms with van der Waals surface area (Å²) in [5.41, 5.74) is 2.12. The average molecular weight is 360 g/mol. The van der Waals surface area contributed by atoms with Crippen molar-refractivity contribution in [3.8, 4) is 23.0 Å². The molecule has 2 aromatic carbocycles. The van der Waals surface area contributed by atoms with Crippen LogP contribution in [0.5, 0.6) is 23.0 Å². The Morgan fingerprint density at radius 2 is 1.73 bits per heavy atom. The molecule has 0 aromatic heterocycles. The van der Waals surface area contributed by atoms with Crippen LogP contribution in [-0.4, -0.2) is 47.9 Å². The number of phenolic OH excluding ortho intramolecular Hbond substituents is 2. The summed E-state index contributed by atoms with van der Waals surface area (Å²) in [6, 6.07) is 8.38. The highest BCUT2D eigenvalue weighted by molar-refractivity contribution is 5.60. The summed E-state index contributed by atoms with van der Waals surface area (Å²) in [5.74, 6) is 0.263. The average Bonchev–Trinajstić information content (AvgIpc) is 2.66. The van der Waals surface area contributed by atoms with Crippen LogP contribution < -0.4 is 9.47 Å². The van der Waals surface area contributed by atoms with E-state index in [9.17, 15) is 15.3 Å². The molecule has 4 N–H and O–H groups in total. The zero-order chi connectivity index (χ0) is 19.1. The standard InChI is InChI=1S/C20H24O6/c1-25-18-10-14(5-6-17(18)23)8-15(12-22)16-9-13(4-3-7-21)11-19(26-2)20(16)24/h3-6,9-11,15,21-24H,7-8,12H2,1-2H3/b4-3+/t15-/m1/s1. The Hall–Kier alpha value is -2.70. The maximum Gasteiger partial charge on any atom is 0.161 e. The number of hydrogen-bond donors (Lipinski definition) is 4. The van der Waals surface area contributed by atoms with Gasteiger partial charge >= 0.3 is 0 Å². The lowest BCUT2D eigenvalue weighted by Crippen LogP contribution is -2.09. The molecule has 26 heavy (non-hydrogen) atoms. The highest BCUT2D eigenvalue weighted by atomic mass is 16.5. The van der Waals surface area contributed by atoms with Crippen LogP contribution in [0.25, 0.3) is 6.08 Å². The third-order valence-electron chi connectivity index (χ3n) is 4.15. The van der Waals surface area contributed by atoms with Gasteiger partial charge in [-0.2, -0.15) is 0 Å². The molecule has 0 aliphatic heterocycles. The highest BCUT2D eigenvalue weighted by Crippen LogP contribution is 2.38. The number of aliphatic hydroxyl groups is 2. The van der Waals surface area contributed by atoms with E-state index in [0.717, 1.165) is 11.1 Å². The van der Waals surface area contributed by atoms with E-state index in [2.05, 4.69) is 0 Å². The van der Waals surface area contributed by atoms with Crippen LogP contribution in [0, 0.1) is 0 Å². The molecular weight excluding hydrogens is 336 g/mol. The van der Waals surface area contributed by atoms with Gasteiger partial charge in [0.1, 0.15) is 0 Å². The minimum Gasteiger partial charge on any atom is -0.504 e. The Kier molecular flexibility index (Phi) is 6.89. The summed E-state index contributed by atoms with van der Waals surface area (Å²) >= 11 is 0. The van der Waals surface area contributed by atoms with E-state index in [1.165, 1.54) is 20.3 Å². The molecule has 6 nitrogen and oxygen atoms in total. The first-order valence-electron chi connectivity index (χ1n) is 8.19. The van der Waals surface area contributed by atoms with Crippen LogP contribution >= 0.6 is 0 Å². The van der Waals surface area contributed by atoms with Crippen molar-refractivity contribution >= 4 is 6.08 Å². The molecule has 0 bridgehead atoms. The molecule has 0 fully saturated rings. The van der Waals surface area contributed by atoms with Crippen molar-refractivity contribution in [1.29, 1.82) is 0 Å². The number of ether oxygens (including phenoxy) is 2. The van der Waals surface area contributed by atoms with Crippen molar-refractivity contribution in [3.63, 3.8) is 0 Å². The van der Waals surface area contributed by atoms with Crippen molar-refractivity contribution in [2.24, 2.45) is 0 Å². The van der Waals surface area contributed by atoms with E-state index in [0.29, 0.717) is 23.5 Å². The Labute approximate surface area is 152 Å². The second-order valence-corrected chi connectivity index (χ2v) is 5.84. The lowest BCUT2D eigenvalue weighted by Gasteiger charge is -2.19. The van der Waals surface area contributed by atoms with Gasteiger partial charge in [0.05, 0.1) is 27.4 Å². The second-order valence-electron chi connectivity index (χ2n) is 5.84. The number of methoxy groups -OCH3 is 2. The second kappa shape index (κ2) is 9.12. The zero-order valence-corrected chi connectivity index (χ0v) is 14.8. The van der Waals surface area contributed by atoms with Crippen LogP contribution in [0.4, 0.5) is 0 Å². The number of hydrogen-bond acceptors (Lipinski definition) is 6. The van der Waals surface area contributed by atoms with E-state index in [-0.39, 0.29) is 30.6 Å². The molecule has 0 spiro atoms. The van der Waals surface area contributed by atoms with Crippen LogP contribution in [-0.2, 0) is 6.42 Å². The molecule has 0 saturated heterocycles. The summed E-state index contributed by atoms with van der Waals surface area (Å²) in [6.07, 6.45) is 3.72. The highest BCUT2D eigenvalue weighted by Gasteiger charge is 2.20. The molecule has 0 radical (unpaired) electrons. The predicted octanol–water partition coefficient (Wildman–Crippen LogP) is 2.44. The van der Waals surface area contributed by atoms with Gasteiger partial charge < -0.3 is 29.9 Å². The van der Waals surface area contributed by atoms with Crippen molar-refractivity contribution in [2.45, 2.75) is 12.3 Å². The number of phenols is 2. The van der Waals surface area contributed by atoms with Gasteiger partial charge in [-0.05, 0) is 41.8 Å². The van der Waals surface area contributed by atoms with E-state index < -0.39 is 0 Å². The first kappa shape index (κ1) is 19.6. The number of rotatable bonds is 8. The van der Waals surface area contributed by atoms with Crippen LogP contribution in [0.1, 0.15) is 22.6 Å². The lowest BCUT2D eigenvalue weighted by atomic mass is 9.90. The van der Waals surface area contributed by atoms with Gasteiger partial charge in [-0.1, -0.05) is 18.2 Å². The number of aliphatic hydroxyl groups excluding tert-OH is 2. The van der Waals surface area contributed by atoms with E-state index in [4.69, 9.17) is 14.6 Å². The molecule has 0 amide bonds. The van der Waals surface area contributed by atoms with Gasteiger partial charge in [-0.15, -0.1) is 0 Å². The maximum atomic E-state index is 10.5. The molecule has 2 aromatic rings. The predicted molar refractivity (Wildman–Crippen MR) is 99.0 cm³/mol. The molecule has 0 saturated carbocycles. The molecule has 0 aliphatic rings. The minimum absolute atomic E-state index is 0.0292. The van der Waals surface area contributed by atoms with Crippen LogP contribution in [0.15, 0.2) is 36.4 Å². The Bertz CT molecular complexity index is 769. The smallest absolute Gasteiger partial charge is 0.161 e. The minimum atomic E-state index is -0.388. The van der Waals surface area contributed by atoms with Crippen LogP contribution in [0.3, 0.4) is 0 Å². The fourth-order valence-corrected chi connectivity index (χ4v) is 2.81. The van der Waals surface area contributed by atoms with Crippen molar-refractivity contribution in [2.75, 3.05) is 27.4 Å². The van der Waals surface area contributed by atoms with E-state index in [1.54, 1.807) is 36.4 Å². The van der Waals surface area contributed by atoms with E-state index in [1.807, 2.05) is 0 Å². The molecule has 6 heteroatoms. The summed E-state index contributed by atoms with van der Waals surface area (Å²) in [4.78, 5) is 0. The normalized spacial score (nSPS) is 12.3. The Morgan fingerprint density at radius 3 is 2.35 bits per heavy atom. The van der Waals surface area contributed by atoms with Crippen molar-refractivity contribution in [1.82, 2.24) is 0 Å². The third-order valence-corrected chi connectivity index (χ3v) is 4.15. The summed E-state index contributed by atoms with van der Waals surface area (Å²) in [5, 5.41) is 39.1. The largest absolute Gasteiger partial charge is 0.504 e. The Morgan fingerprint density at radius 1 is 1.00 bits per heavy atom.